The van der Waals surface area contributed by atoms with Crippen molar-refractivity contribution in [2.45, 2.75) is 13.8 Å². The number of hydrogen-bond acceptors (Lipinski definition) is 2. The first-order valence-corrected chi connectivity index (χ1v) is 5.70. The zero-order valence-corrected chi connectivity index (χ0v) is 10.8. The molecule has 0 spiro atoms. The standard InChI is InChI=1S/C11H10BrClN2/c1-5-6(2)15-11-8(13)4-3-7(12)9(11)10(5)14/h3-4H,1-2H3,(H2,14,15). The summed E-state index contributed by atoms with van der Waals surface area (Å²) in [5.74, 6) is 0. The number of nitrogen functional groups attached to an aromatic ring is 1. The number of anilines is 1. The van der Waals surface area contributed by atoms with E-state index in [2.05, 4.69) is 20.9 Å². The number of aromatic nitrogens is 1. The summed E-state index contributed by atoms with van der Waals surface area (Å²) in [6, 6.07) is 3.70. The number of hydrogen-bond donors (Lipinski definition) is 1. The highest BCUT2D eigenvalue weighted by atomic mass is 79.9. The fraction of sp³-hybridized carbons (Fsp3) is 0.182. The molecule has 0 saturated carbocycles. The van der Waals surface area contributed by atoms with Crippen LogP contribution in [0.3, 0.4) is 0 Å². The zero-order chi connectivity index (χ0) is 11.2. The van der Waals surface area contributed by atoms with E-state index in [1.807, 2.05) is 26.0 Å². The lowest BCUT2D eigenvalue weighted by atomic mass is 10.1. The van der Waals surface area contributed by atoms with Crippen molar-refractivity contribution < 1.29 is 0 Å². The summed E-state index contributed by atoms with van der Waals surface area (Å²) in [7, 11) is 0. The van der Waals surface area contributed by atoms with Crippen molar-refractivity contribution >= 4 is 44.1 Å². The van der Waals surface area contributed by atoms with Gasteiger partial charge in [0, 0.05) is 21.2 Å². The Labute approximate surface area is 102 Å². The number of nitrogens with zero attached hydrogens (tertiary/aromatic N) is 1. The summed E-state index contributed by atoms with van der Waals surface area (Å²) in [4.78, 5) is 4.45. The van der Waals surface area contributed by atoms with Gasteiger partial charge in [0.15, 0.2) is 0 Å². The molecule has 0 bridgehead atoms. The molecule has 4 heteroatoms. The molecular formula is C11H10BrClN2. The van der Waals surface area contributed by atoms with Crippen LogP contribution in [-0.2, 0) is 0 Å². The van der Waals surface area contributed by atoms with E-state index in [4.69, 9.17) is 17.3 Å². The molecule has 0 fully saturated rings. The second kappa shape index (κ2) is 3.65. The number of pyridine rings is 1. The lowest BCUT2D eigenvalue weighted by Gasteiger charge is -2.10. The SMILES string of the molecule is Cc1nc2c(Cl)ccc(Br)c2c(N)c1C. The molecule has 0 atom stereocenters. The molecule has 78 valence electrons. The topological polar surface area (TPSA) is 38.9 Å². The van der Waals surface area contributed by atoms with E-state index in [1.54, 1.807) is 0 Å². The van der Waals surface area contributed by atoms with Crippen molar-refractivity contribution in [1.82, 2.24) is 4.98 Å². The van der Waals surface area contributed by atoms with Crippen molar-refractivity contribution in [1.29, 1.82) is 0 Å². The van der Waals surface area contributed by atoms with Gasteiger partial charge in [-0.05, 0) is 31.5 Å². The molecule has 1 heterocycles. The van der Waals surface area contributed by atoms with Crippen LogP contribution in [-0.4, -0.2) is 4.98 Å². The smallest absolute Gasteiger partial charge is 0.0923 e. The zero-order valence-electron chi connectivity index (χ0n) is 8.44. The lowest BCUT2D eigenvalue weighted by Crippen LogP contribution is -1.98. The molecule has 15 heavy (non-hydrogen) atoms. The molecular weight excluding hydrogens is 275 g/mol. The molecule has 1 aromatic heterocycles. The van der Waals surface area contributed by atoms with Crippen LogP contribution in [0.15, 0.2) is 16.6 Å². The fourth-order valence-corrected chi connectivity index (χ4v) is 2.27. The first kappa shape index (κ1) is 10.7. The van der Waals surface area contributed by atoms with Gasteiger partial charge in [0.2, 0.25) is 0 Å². The highest BCUT2D eigenvalue weighted by Gasteiger charge is 2.11. The highest BCUT2D eigenvalue weighted by molar-refractivity contribution is 9.10. The minimum atomic E-state index is 0.628. The highest BCUT2D eigenvalue weighted by Crippen LogP contribution is 2.34. The molecule has 0 aliphatic rings. The van der Waals surface area contributed by atoms with E-state index in [1.165, 1.54) is 0 Å². The van der Waals surface area contributed by atoms with Crippen LogP contribution in [0.2, 0.25) is 5.02 Å². The Morgan fingerprint density at radius 1 is 1.33 bits per heavy atom. The normalized spacial score (nSPS) is 10.9. The minimum absolute atomic E-state index is 0.628. The molecule has 2 aromatic rings. The molecule has 2 nitrogen and oxygen atoms in total. The van der Waals surface area contributed by atoms with Crippen LogP contribution in [0.1, 0.15) is 11.3 Å². The molecule has 2 N–H and O–H groups in total. The van der Waals surface area contributed by atoms with E-state index < -0.39 is 0 Å². The number of nitrogens with two attached hydrogens (primary N) is 1. The Kier molecular flexibility index (Phi) is 2.61. The summed E-state index contributed by atoms with van der Waals surface area (Å²) in [5, 5.41) is 1.52. The summed E-state index contributed by atoms with van der Waals surface area (Å²) in [6.45, 7) is 3.90. The maximum absolute atomic E-state index is 6.09. The van der Waals surface area contributed by atoms with Crippen LogP contribution < -0.4 is 5.73 Å². The molecule has 0 unspecified atom stereocenters. The average Bonchev–Trinajstić information content (AvgIpc) is 2.20. The van der Waals surface area contributed by atoms with Gasteiger partial charge in [-0.2, -0.15) is 0 Å². The number of halogens is 2. The second-order valence-electron chi connectivity index (χ2n) is 3.49. The Morgan fingerprint density at radius 2 is 2.00 bits per heavy atom. The Balaban J connectivity index is 3.04. The van der Waals surface area contributed by atoms with Crippen molar-refractivity contribution in [2.75, 3.05) is 5.73 Å². The van der Waals surface area contributed by atoms with Gasteiger partial charge in [-0.3, -0.25) is 4.98 Å². The molecule has 0 aliphatic heterocycles. The molecule has 0 amide bonds. The van der Waals surface area contributed by atoms with Crippen molar-refractivity contribution in [3.05, 3.63) is 32.9 Å². The summed E-state index contributed by atoms with van der Waals surface area (Å²) >= 11 is 9.55. The van der Waals surface area contributed by atoms with Crippen LogP contribution >= 0.6 is 27.5 Å². The molecule has 2 rings (SSSR count). The third-order valence-electron chi connectivity index (χ3n) is 2.57. The van der Waals surface area contributed by atoms with Crippen molar-refractivity contribution in [3.8, 4) is 0 Å². The third-order valence-corrected chi connectivity index (χ3v) is 3.54. The Morgan fingerprint density at radius 3 is 2.67 bits per heavy atom. The largest absolute Gasteiger partial charge is 0.398 e. The van der Waals surface area contributed by atoms with Crippen molar-refractivity contribution in [3.63, 3.8) is 0 Å². The van der Waals surface area contributed by atoms with Crippen LogP contribution in [0.25, 0.3) is 10.9 Å². The van der Waals surface area contributed by atoms with E-state index in [9.17, 15) is 0 Å². The fourth-order valence-electron chi connectivity index (χ4n) is 1.54. The monoisotopic (exact) mass is 284 g/mol. The van der Waals surface area contributed by atoms with Gasteiger partial charge in [0.25, 0.3) is 0 Å². The van der Waals surface area contributed by atoms with Gasteiger partial charge in [-0.25, -0.2) is 0 Å². The Bertz CT molecular complexity index is 552. The van der Waals surface area contributed by atoms with Crippen LogP contribution in [0, 0.1) is 13.8 Å². The quantitative estimate of drug-likeness (QED) is 0.798. The van der Waals surface area contributed by atoms with Gasteiger partial charge in [0.1, 0.15) is 0 Å². The maximum atomic E-state index is 6.09. The van der Waals surface area contributed by atoms with Gasteiger partial charge < -0.3 is 5.73 Å². The summed E-state index contributed by atoms with van der Waals surface area (Å²) < 4.78 is 0.926. The van der Waals surface area contributed by atoms with E-state index >= 15 is 0 Å². The molecule has 0 aliphatic carbocycles. The van der Waals surface area contributed by atoms with Crippen molar-refractivity contribution in [2.24, 2.45) is 0 Å². The van der Waals surface area contributed by atoms with Crippen LogP contribution in [0.4, 0.5) is 5.69 Å². The first-order valence-electron chi connectivity index (χ1n) is 4.52. The number of rotatable bonds is 0. The summed E-state index contributed by atoms with van der Waals surface area (Å²) in [5.41, 5.74) is 9.48. The molecule has 0 saturated heterocycles. The maximum Gasteiger partial charge on any atom is 0.0923 e. The average molecular weight is 286 g/mol. The van der Waals surface area contributed by atoms with Gasteiger partial charge in [0.05, 0.1) is 10.5 Å². The second-order valence-corrected chi connectivity index (χ2v) is 4.75. The molecule has 0 radical (unpaired) electrons. The van der Waals surface area contributed by atoms with Gasteiger partial charge in [-0.15, -0.1) is 0 Å². The minimum Gasteiger partial charge on any atom is -0.398 e. The van der Waals surface area contributed by atoms with Crippen LogP contribution in [0.5, 0.6) is 0 Å². The predicted molar refractivity (Wildman–Crippen MR) is 68.3 cm³/mol. The molecule has 1 aromatic carbocycles. The summed E-state index contributed by atoms with van der Waals surface area (Å²) in [6.07, 6.45) is 0. The number of aryl methyl sites for hydroxylation is 1. The van der Waals surface area contributed by atoms with E-state index in [0.717, 1.165) is 32.3 Å². The number of fused-ring (bicyclic) bond motifs is 1. The Hall–Kier alpha value is -0.800. The predicted octanol–water partition coefficient (Wildman–Crippen LogP) is 3.85. The third kappa shape index (κ3) is 1.60. The first-order chi connectivity index (χ1) is 7.02. The van der Waals surface area contributed by atoms with Gasteiger partial charge in [-0.1, -0.05) is 27.5 Å². The van der Waals surface area contributed by atoms with Gasteiger partial charge >= 0.3 is 0 Å². The lowest BCUT2D eigenvalue weighted by molar-refractivity contribution is 1.20. The van der Waals surface area contributed by atoms with E-state index in [0.29, 0.717) is 5.02 Å². The number of benzene rings is 1. The van der Waals surface area contributed by atoms with E-state index in [-0.39, 0.29) is 0 Å².